The Morgan fingerprint density at radius 1 is 1.19 bits per heavy atom. The average molecular weight is 611 g/mol. The van der Waals surface area contributed by atoms with E-state index in [2.05, 4.69) is 16.3 Å². The van der Waals surface area contributed by atoms with Crippen molar-refractivity contribution in [1.82, 2.24) is 24.1 Å². The van der Waals surface area contributed by atoms with Gasteiger partial charge in [-0.15, -0.1) is 4.80 Å². The Bertz CT molecular complexity index is 1800. The lowest BCUT2D eigenvalue weighted by Gasteiger charge is -2.26. The van der Waals surface area contributed by atoms with Gasteiger partial charge in [0.2, 0.25) is 0 Å². The number of Topliss-reactive ketones (excluding diaryl/α,β-unsaturated/α-hetero) is 1. The number of thiophene rings is 1. The quantitative estimate of drug-likeness (QED) is 0.224. The Hall–Kier alpha value is -4.15. The van der Waals surface area contributed by atoms with Gasteiger partial charge in [0, 0.05) is 17.5 Å². The monoisotopic (exact) mass is 610 g/mol. The minimum atomic E-state index is -1.04. The highest BCUT2D eigenvalue weighted by Gasteiger charge is 2.30. The van der Waals surface area contributed by atoms with Crippen LogP contribution in [0.25, 0.3) is 15.2 Å². The van der Waals surface area contributed by atoms with E-state index in [0.717, 1.165) is 15.9 Å². The van der Waals surface area contributed by atoms with Crippen LogP contribution in [0.15, 0.2) is 40.2 Å². The summed E-state index contributed by atoms with van der Waals surface area (Å²) in [5, 5.41) is 18.8. The van der Waals surface area contributed by atoms with Gasteiger partial charge in [-0.3, -0.25) is 14.2 Å². The van der Waals surface area contributed by atoms with E-state index in [9.17, 15) is 24.0 Å². The average Bonchev–Trinajstić information content (AvgIpc) is 3.60. The van der Waals surface area contributed by atoms with Gasteiger partial charge < -0.3 is 9.47 Å². The van der Waals surface area contributed by atoms with E-state index >= 15 is 0 Å². The highest BCUT2D eigenvalue weighted by Crippen LogP contribution is 2.35. The molecule has 11 nitrogen and oxygen atoms in total. The number of nitriles is 1. The number of hydrogen-bond acceptors (Lipinski definition) is 9. The van der Waals surface area contributed by atoms with Gasteiger partial charge in [-0.05, 0) is 51.8 Å². The first-order chi connectivity index (χ1) is 20.3. The first-order valence-electron chi connectivity index (χ1n) is 13.8. The van der Waals surface area contributed by atoms with Gasteiger partial charge in [0.25, 0.3) is 5.56 Å². The number of carbonyl (C=O) groups excluding carboxylic acids is 1. The number of rotatable bonds is 12. The van der Waals surface area contributed by atoms with Gasteiger partial charge >= 0.3 is 5.69 Å². The van der Waals surface area contributed by atoms with Crippen LogP contribution >= 0.6 is 11.3 Å². The minimum Gasteiger partial charge on any atom is -0.496 e. The number of methoxy groups -OCH3 is 1. The number of halogens is 1. The second kappa shape index (κ2) is 12.6. The zero-order valence-electron chi connectivity index (χ0n) is 25.3. The molecule has 0 bridgehead atoms. The number of fused-ring (bicyclic) bond motifs is 1. The number of benzene rings is 1. The maximum atomic E-state index is 14.6. The molecule has 3 heterocycles. The fraction of sp³-hybridized carbons (Fsp3) is 0.467. The van der Waals surface area contributed by atoms with Gasteiger partial charge in [-0.1, -0.05) is 25.2 Å². The summed E-state index contributed by atoms with van der Waals surface area (Å²) in [6.45, 7) is 10.2. The summed E-state index contributed by atoms with van der Waals surface area (Å²) in [5.41, 5.74) is -1.35. The molecule has 0 aliphatic carbocycles. The lowest BCUT2D eigenvalue weighted by atomic mass is 9.97. The predicted octanol–water partition coefficient (Wildman–Crippen LogP) is 4.75. The van der Waals surface area contributed by atoms with Crippen LogP contribution in [0.1, 0.15) is 64.3 Å². The van der Waals surface area contributed by atoms with Crippen LogP contribution < -0.4 is 16.0 Å². The molecule has 0 amide bonds. The number of ether oxygens (including phenoxy) is 2. The molecule has 0 aliphatic heterocycles. The predicted molar refractivity (Wildman–Crippen MR) is 160 cm³/mol. The molecular formula is C30H35FN6O5S. The third kappa shape index (κ3) is 6.45. The smallest absolute Gasteiger partial charge is 0.332 e. The zero-order chi connectivity index (χ0) is 31.6. The van der Waals surface area contributed by atoms with Crippen LogP contribution in [0, 0.1) is 35.4 Å². The summed E-state index contributed by atoms with van der Waals surface area (Å²) >= 11 is 1.14. The Labute approximate surface area is 252 Å². The van der Waals surface area contributed by atoms with Crippen LogP contribution in [0.2, 0.25) is 0 Å². The van der Waals surface area contributed by atoms with Gasteiger partial charge in [-0.2, -0.15) is 15.5 Å². The maximum absolute atomic E-state index is 14.6. The number of nitrogens with zero attached hydrogens (tertiary/aromatic N) is 6. The molecule has 4 aromatic rings. The molecule has 0 fully saturated rings. The van der Waals surface area contributed by atoms with Gasteiger partial charge in [-0.25, -0.2) is 13.8 Å². The van der Waals surface area contributed by atoms with Gasteiger partial charge in [0.15, 0.2) is 5.78 Å². The number of hydrogen-bond donors (Lipinski definition) is 0. The molecule has 0 aliphatic rings. The Balaban J connectivity index is 2.00. The summed E-state index contributed by atoms with van der Waals surface area (Å²) in [7, 11) is 1.44. The third-order valence-electron chi connectivity index (χ3n) is 7.12. The molecule has 1 aromatic carbocycles. The molecule has 0 saturated heterocycles. The number of carbonyl (C=O) groups is 1. The number of aromatic nitrogens is 5. The molecule has 0 spiro atoms. The largest absolute Gasteiger partial charge is 0.496 e. The van der Waals surface area contributed by atoms with E-state index in [0.29, 0.717) is 26.7 Å². The standard InChI is InChI=1S/C30H35FN6O5S/c1-17(2)12-22(38)19(4)36-26(39)25-18(3)27(37-33-10-11-34-37)43-28(25)35(29(36)40)14-24(42-16-30(5,6)15-32)21-13-20(31)8-9-23(21)41-7/h8-11,13,17,19,24H,12,14,16H2,1-7H3/t19-,24+/m1/s1. The van der Waals surface area contributed by atoms with E-state index in [1.165, 1.54) is 47.1 Å². The maximum Gasteiger partial charge on any atom is 0.332 e. The first-order valence-corrected chi connectivity index (χ1v) is 14.6. The van der Waals surface area contributed by atoms with E-state index < -0.39 is 34.6 Å². The van der Waals surface area contributed by atoms with Crippen molar-refractivity contribution >= 4 is 27.3 Å². The number of aryl methyl sites for hydroxylation is 1. The molecule has 0 N–H and O–H groups in total. The Morgan fingerprint density at radius 2 is 1.86 bits per heavy atom. The molecule has 0 unspecified atom stereocenters. The van der Waals surface area contributed by atoms with Crippen molar-refractivity contribution in [3.63, 3.8) is 0 Å². The first kappa shape index (κ1) is 31.8. The van der Waals surface area contributed by atoms with E-state index in [1.54, 1.807) is 27.7 Å². The normalized spacial score (nSPS) is 13.3. The molecule has 228 valence electrons. The second-order valence-electron chi connectivity index (χ2n) is 11.5. The van der Waals surface area contributed by atoms with Crippen molar-refractivity contribution in [3.05, 3.63) is 68.4 Å². The van der Waals surface area contributed by atoms with Crippen molar-refractivity contribution in [2.45, 2.75) is 66.7 Å². The minimum absolute atomic E-state index is 0.0266. The van der Waals surface area contributed by atoms with Crippen molar-refractivity contribution in [2.24, 2.45) is 11.3 Å². The molecule has 4 rings (SSSR count). The number of ketones is 1. The molecule has 13 heteroatoms. The molecular weight excluding hydrogens is 575 g/mol. The zero-order valence-corrected chi connectivity index (χ0v) is 26.1. The van der Waals surface area contributed by atoms with E-state index in [4.69, 9.17) is 9.47 Å². The molecule has 43 heavy (non-hydrogen) atoms. The van der Waals surface area contributed by atoms with Crippen LogP contribution in [0.4, 0.5) is 4.39 Å². The summed E-state index contributed by atoms with van der Waals surface area (Å²) in [4.78, 5) is 43.0. The van der Waals surface area contributed by atoms with E-state index in [1.807, 2.05) is 13.8 Å². The van der Waals surface area contributed by atoms with Crippen LogP contribution in [-0.4, -0.2) is 43.6 Å². The van der Waals surface area contributed by atoms with Crippen LogP contribution in [-0.2, 0) is 16.1 Å². The van der Waals surface area contributed by atoms with Crippen molar-refractivity contribution in [2.75, 3.05) is 13.7 Å². The van der Waals surface area contributed by atoms with Crippen molar-refractivity contribution in [1.29, 1.82) is 5.26 Å². The highest BCUT2D eigenvalue weighted by molar-refractivity contribution is 7.21. The third-order valence-corrected chi connectivity index (χ3v) is 8.40. The summed E-state index contributed by atoms with van der Waals surface area (Å²) in [6.07, 6.45) is 2.21. The van der Waals surface area contributed by atoms with Gasteiger partial charge in [0.1, 0.15) is 27.5 Å². The summed E-state index contributed by atoms with van der Waals surface area (Å²) < 4.78 is 28.6. The summed E-state index contributed by atoms with van der Waals surface area (Å²) in [5.74, 6) is -0.447. The molecule has 2 atom stereocenters. The van der Waals surface area contributed by atoms with Gasteiger partial charge in [0.05, 0.1) is 55.6 Å². The van der Waals surface area contributed by atoms with E-state index in [-0.39, 0.29) is 36.7 Å². The summed E-state index contributed by atoms with van der Waals surface area (Å²) in [6, 6.07) is 5.11. The fourth-order valence-electron chi connectivity index (χ4n) is 4.79. The lowest BCUT2D eigenvalue weighted by Crippen LogP contribution is -2.44. The van der Waals surface area contributed by atoms with Crippen molar-refractivity contribution in [3.8, 4) is 16.8 Å². The fourth-order valence-corrected chi connectivity index (χ4v) is 6.01. The Morgan fingerprint density at radius 3 is 2.47 bits per heavy atom. The van der Waals surface area contributed by atoms with Crippen LogP contribution in [0.5, 0.6) is 5.75 Å². The Kier molecular flexibility index (Phi) is 9.32. The van der Waals surface area contributed by atoms with Crippen LogP contribution in [0.3, 0.4) is 0 Å². The topological polar surface area (TPSA) is 134 Å². The molecule has 0 saturated carbocycles. The SMILES string of the molecule is COc1ccc(F)cc1[C@H](Cn1c(=O)n([C@H](C)C(=O)CC(C)C)c(=O)c2c(C)c(-n3nccn3)sc21)OCC(C)(C)C#N. The van der Waals surface area contributed by atoms with Crippen molar-refractivity contribution < 1.29 is 18.7 Å². The highest BCUT2D eigenvalue weighted by atomic mass is 32.1. The molecule has 3 aromatic heterocycles. The molecule has 0 radical (unpaired) electrons. The second-order valence-corrected chi connectivity index (χ2v) is 12.5. The lowest BCUT2D eigenvalue weighted by molar-refractivity contribution is -0.122.